The Morgan fingerprint density at radius 3 is 1.46 bits per heavy atom. The molecule has 0 saturated carbocycles. The van der Waals surface area contributed by atoms with Gasteiger partial charge in [0.15, 0.2) is 0 Å². The SMILES string of the molecule is O=C(c1ccc(SC(F)(F)F)cc1)C(F)(F)C(F)(F)C(F)(F)C(F)(F)F. The van der Waals surface area contributed by atoms with Gasteiger partial charge >= 0.3 is 29.5 Å². The van der Waals surface area contributed by atoms with E-state index in [9.17, 15) is 57.5 Å². The zero-order chi connectivity index (χ0) is 20.8. The average Bonchev–Trinajstić information content (AvgIpc) is 2.44. The van der Waals surface area contributed by atoms with E-state index < -0.39 is 57.5 Å². The lowest BCUT2D eigenvalue weighted by molar-refractivity contribution is -0.386. The summed E-state index contributed by atoms with van der Waals surface area (Å²) in [5.74, 6) is -24.0. The Balaban J connectivity index is 3.22. The predicted octanol–water partition coefficient (Wildman–Crippen LogP) is 5.95. The molecule has 1 aromatic carbocycles. The Kier molecular flexibility index (Phi) is 5.64. The number of hydrogen-bond acceptors (Lipinski definition) is 2. The van der Waals surface area contributed by atoms with Crippen LogP contribution in [0.1, 0.15) is 10.4 Å². The van der Waals surface area contributed by atoms with Crippen LogP contribution in [0.5, 0.6) is 0 Å². The molecule has 0 unspecified atom stereocenters. The molecule has 1 rings (SSSR count). The van der Waals surface area contributed by atoms with E-state index in [1.165, 1.54) is 0 Å². The summed E-state index contributed by atoms with van der Waals surface area (Å²) in [6.45, 7) is 0. The number of carbonyl (C=O) groups excluding carboxylic acids is 1. The van der Waals surface area contributed by atoms with Gasteiger partial charge in [0.05, 0.1) is 0 Å². The van der Waals surface area contributed by atoms with E-state index in [1.807, 2.05) is 0 Å². The molecule has 148 valence electrons. The first kappa shape index (κ1) is 22.4. The molecule has 1 aromatic rings. The Morgan fingerprint density at radius 2 is 1.12 bits per heavy atom. The van der Waals surface area contributed by atoms with Crippen molar-refractivity contribution in [3.05, 3.63) is 29.8 Å². The van der Waals surface area contributed by atoms with Gasteiger partial charge in [0.2, 0.25) is 5.78 Å². The van der Waals surface area contributed by atoms with Crippen LogP contribution in [-0.4, -0.2) is 35.2 Å². The first-order chi connectivity index (χ1) is 11.3. The van der Waals surface area contributed by atoms with Crippen molar-refractivity contribution in [3.63, 3.8) is 0 Å². The largest absolute Gasteiger partial charge is 0.460 e. The van der Waals surface area contributed by atoms with Crippen LogP contribution in [-0.2, 0) is 0 Å². The number of Topliss-reactive ketones (excluding diaryl/α,β-unsaturated/α-hetero) is 1. The molecular formula is C12H4F12OS. The third-order valence-corrected chi connectivity index (χ3v) is 3.52. The van der Waals surface area contributed by atoms with E-state index in [0.717, 1.165) is 0 Å². The lowest BCUT2D eigenvalue weighted by Crippen LogP contribution is -2.63. The van der Waals surface area contributed by atoms with Gasteiger partial charge in [-0.25, -0.2) is 0 Å². The molecular weight excluding hydrogens is 420 g/mol. The molecule has 0 heterocycles. The summed E-state index contributed by atoms with van der Waals surface area (Å²) >= 11 is -0.774. The minimum Gasteiger partial charge on any atom is -0.287 e. The Bertz CT molecular complexity index is 658. The molecule has 0 saturated heterocycles. The second-order valence-corrected chi connectivity index (χ2v) is 5.76. The number of thioether (sulfide) groups is 1. The molecule has 0 aromatic heterocycles. The number of benzene rings is 1. The monoisotopic (exact) mass is 424 g/mol. The topological polar surface area (TPSA) is 17.1 Å². The number of ketones is 1. The van der Waals surface area contributed by atoms with Gasteiger partial charge in [-0.1, -0.05) is 12.1 Å². The smallest absolute Gasteiger partial charge is 0.287 e. The van der Waals surface area contributed by atoms with Crippen molar-refractivity contribution in [1.29, 1.82) is 0 Å². The molecule has 1 nitrogen and oxygen atoms in total. The summed E-state index contributed by atoms with van der Waals surface area (Å²) in [7, 11) is 0. The molecule has 0 aliphatic heterocycles. The van der Waals surface area contributed by atoms with E-state index in [-0.39, 0.29) is 12.1 Å². The minimum absolute atomic E-state index is 0.159. The van der Waals surface area contributed by atoms with Crippen LogP contribution < -0.4 is 0 Å². The quantitative estimate of drug-likeness (QED) is 0.330. The minimum atomic E-state index is -7.24. The Hall–Kier alpha value is -1.60. The van der Waals surface area contributed by atoms with Crippen LogP contribution in [0.4, 0.5) is 52.7 Å². The average molecular weight is 424 g/mol. The van der Waals surface area contributed by atoms with Gasteiger partial charge in [-0.2, -0.15) is 52.7 Å². The highest BCUT2D eigenvalue weighted by atomic mass is 32.2. The highest BCUT2D eigenvalue weighted by Gasteiger charge is 2.83. The summed E-state index contributed by atoms with van der Waals surface area (Å²) in [6, 6.07) is 1.07. The number of hydrogen-bond donors (Lipinski definition) is 0. The second kappa shape index (κ2) is 6.53. The van der Waals surface area contributed by atoms with Crippen molar-refractivity contribution in [3.8, 4) is 0 Å². The predicted molar refractivity (Wildman–Crippen MR) is 63.6 cm³/mol. The zero-order valence-corrected chi connectivity index (χ0v) is 12.5. The molecule has 0 aliphatic rings. The summed E-state index contributed by atoms with van der Waals surface area (Å²) < 4.78 is 151. The fourth-order valence-corrected chi connectivity index (χ4v) is 2.05. The number of alkyl halides is 12. The lowest BCUT2D eigenvalue weighted by Gasteiger charge is -2.32. The summed E-state index contributed by atoms with van der Waals surface area (Å²) in [6.07, 6.45) is -7.09. The fourth-order valence-electron chi connectivity index (χ4n) is 1.51. The summed E-state index contributed by atoms with van der Waals surface area (Å²) in [5, 5.41) is 0. The van der Waals surface area contributed by atoms with Crippen molar-refractivity contribution in [2.45, 2.75) is 34.3 Å². The molecule has 0 aliphatic carbocycles. The molecule has 26 heavy (non-hydrogen) atoms. The fraction of sp³-hybridized carbons (Fsp3) is 0.417. The molecule has 0 atom stereocenters. The standard InChI is InChI=1S/C12H4F12OS/c13-8(14,9(15,16)10(17,18)11(19,20)21)7(25)5-1-3-6(4-2-5)26-12(22,23)24/h1-4H. The zero-order valence-electron chi connectivity index (χ0n) is 11.7. The van der Waals surface area contributed by atoms with Gasteiger partial charge in [-0.15, -0.1) is 0 Å². The number of carbonyl (C=O) groups is 1. The molecule has 0 radical (unpaired) electrons. The maximum absolute atomic E-state index is 13.4. The summed E-state index contributed by atoms with van der Waals surface area (Å²) in [4.78, 5) is 10.6. The van der Waals surface area contributed by atoms with E-state index in [2.05, 4.69) is 0 Å². The van der Waals surface area contributed by atoms with E-state index in [4.69, 9.17) is 0 Å². The third-order valence-electron chi connectivity index (χ3n) is 2.78. The van der Waals surface area contributed by atoms with Crippen molar-refractivity contribution in [1.82, 2.24) is 0 Å². The van der Waals surface area contributed by atoms with Crippen LogP contribution in [0.25, 0.3) is 0 Å². The van der Waals surface area contributed by atoms with Crippen LogP contribution in [0.3, 0.4) is 0 Å². The lowest BCUT2D eigenvalue weighted by atomic mass is 9.96. The van der Waals surface area contributed by atoms with Gasteiger partial charge in [0, 0.05) is 10.5 Å². The van der Waals surface area contributed by atoms with Crippen molar-refractivity contribution >= 4 is 17.5 Å². The van der Waals surface area contributed by atoms with Crippen molar-refractivity contribution in [2.75, 3.05) is 0 Å². The highest BCUT2D eigenvalue weighted by Crippen LogP contribution is 2.53. The molecule has 0 bridgehead atoms. The van der Waals surface area contributed by atoms with Crippen molar-refractivity contribution < 1.29 is 57.5 Å². The van der Waals surface area contributed by atoms with Gasteiger partial charge in [-0.3, -0.25) is 4.79 Å². The van der Waals surface area contributed by atoms with Crippen LogP contribution >= 0.6 is 11.8 Å². The molecule has 0 amide bonds. The van der Waals surface area contributed by atoms with Crippen LogP contribution in [0.2, 0.25) is 0 Å². The molecule has 0 spiro atoms. The van der Waals surface area contributed by atoms with Crippen LogP contribution in [0, 0.1) is 0 Å². The first-order valence-corrected chi connectivity index (χ1v) is 6.77. The third kappa shape index (κ3) is 4.04. The van der Waals surface area contributed by atoms with Crippen LogP contribution in [0.15, 0.2) is 29.2 Å². The highest BCUT2D eigenvalue weighted by molar-refractivity contribution is 8.00. The Morgan fingerprint density at radius 1 is 0.692 bits per heavy atom. The molecule has 0 fully saturated rings. The van der Waals surface area contributed by atoms with Gasteiger partial charge in [-0.05, 0) is 23.9 Å². The first-order valence-electron chi connectivity index (χ1n) is 5.95. The maximum Gasteiger partial charge on any atom is 0.460 e. The Labute approximate surface area is 140 Å². The normalized spacial score (nSPS) is 14.5. The summed E-state index contributed by atoms with van der Waals surface area (Å²) in [5.41, 5.74) is -6.31. The van der Waals surface area contributed by atoms with Gasteiger partial charge in [0.25, 0.3) is 0 Å². The van der Waals surface area contributed by atoms with E-state index >= 15 is 0 Å². The number of halogens is 12. The molecule has 14 heteroatoms. The van der Waals surface area contributed by atoms with Gasteiger partial charge < -0.3 is 0 Å². The van der Waals surface area contributed by atoms with Crippen molar-refractivity contribution in [2.24, 2.45) is 0 Å². The van der Waals surface area contributed by atoms with E-state index in [0.29, 0.717) is 12.1 Å². The maximum atomic E-state index is 13.4. The number of rotatable bonds is 5. The molecule has 0 N–H and O–H groups in total. The van der Waals surface area contributed by atoms with Gasteiger partial charge in [0.1, 0.15) is 0 Å². The van der Waals surface area contributed by atoms with E-state index in [1.54, 1.807) is 0 Å². The second-order valence-electron chi connectivity index (χ2n) is 4.62.